The molecule has 1 aromatic rings. The van der Waals surface area contributed by atoms with Gasteiger partial charge in [0, 0.05) is 11.0 Å². The molecule has 0 N–H and O–H groups in total. The molecule has 27 heavy (non-hydrogen) atoms. The van der Waals surface area contributed by atoms with Gasteiger partial charge in [-0.25, -0.2) is 4.79 Å². The summed E-state index contributed by atoms with van der Waals surface area (Å²) < 4.78 is 16.2. The van der Waals surface area contributed by atoms with Gasteiger partial charge in [-0.05, 0) is 42.5 Å². The minimum absolute atomic E-state index is 0.160. The summed E-state index contributed by atoms with van der Waals surface area (Å²) >= 11 is 4.26. The summed E-state index contributed by atoms with van der Waals surface area (Å²) in [7, 11) is 1.46. The lowest BCUT2D eigenvalue weighted by Crippen LogP contribution is -2.27. The van der Waals surface area contributed by atoms with Crippen LogP contribution < -0.4 is 9.47 Å². The molecular formula is C18H18BrNO6S. The van der Waals surface area contributed by atoms with Crippen LogP contribution in [-0.4, -0.2) is 48.9 Å². The molecule has 0 bridgehead atoms. The molecule has 1 aliphatic rings. The van der Waals surface area contributed by atoms with Gasteiger partial charge in [0.2, 0.25) is 0 Å². The highest BCUT2D eigenvalue weighted by Gasteiger charge is 2.34. The third-order valence-corrected chi connectivity index (χ3v) is 5.00. The predicted octanol–water partition coefficient (Wildman–Crippen LogP) is 3.62. The van der Waals surface area contributed by atoms with Crippen LogP contribution in [-0.2, 0) is 14.3 Å². The summed E-state index contributed by atoms with van der Waals surface area (Å²) in [5, 5.41) is -0.344. The fraction of sp³-hybridized carbons (Fsp3) is 0.278. The van der Waals surface area contributed by atoms with Gasteiger partial charge < -0.3 is 14.2 Å². The smallest absolute Gasteiger partial charge is 0.344 e. The molecule has 1 aliphatic heterocycles. The molecule has 2 amide bonds. The Morgan fingerprint density at radius 1 is 1.33 bits per heavy atom. The number of nitrogens with zero attached hydrogens (tertiary/aromatic N) is 1. The van der Waals surface area contributed by atoms with E-state index >= 15 is 0 Å². The molecule has 0 spiro atoms. The molecule has 1 aromatic carbocycles. The normalized spacial score (nSPS) is 15.2. The molecule has 1 saturated heterocycles. The molecule has 9 heteroatoms. The summed E-state index contributed by atoms with van der Waals surface area (Å²) in [6.45, 7) is 5.43. The second-order valence-electron chi connectivity index (χ2n) is 5.20. The first-order chi connectivity index (χ1) is 12.9. The number of ether oxygens (including phenoxy) is 3. The van der Waals surface area contributed by atoms with Gasteiger partial charge in [0.05, 0.1) is 18.6 Å². The van der Waals surface area contributed by atoms with E-state index in [1.54, 1.807) is 25.1 Å². The highest BCUT2D eigenvalue weighted by Crippen LogP contribution is 2.38. The van der Waals surface area contributed by atoms with E-state index in [9.17, 15) is 14.4 Å². The van der Waals surface area contributed by atoms with Gasteiger partial charge in [-0.2, -0.15) is 0 Å². The van der Waals surface area contributed by atoms with Crippen LogP contribution in [0.5, 0.6) is 11.5 Å². The third-order valence-electron chi connectivity index (χ3n) is 3.41. The molecule has 0 saturated carbocycles. The highest BCUT2D eigenvalue weighted by molar-refractivity contribution is 9.10. The number of hydrogen-bond donors (Lipinski definition) is 0. The molecule has 2 rings (SSSR count). The van der Waals surface area contributed by atoms with Crippen molar-refractivity contribution in [2.24, 2.45) is 0 Å². The fourth-order valence-corrected chi connectivity index (χ4v) is 3.48. The van der Waals surface area contributed by atoms with Gasteiger partial charge >= 0.3 is 5.97 Å². The van der Waals surface area contributed by atoms with Crippen molar-refractivity contribution in [3.63, 3.8) is 0 Å². The van der Waals surface area contributed by atoms with Crippen molar-refractivity contribution in [1.29, 1.82) is 0 Å². The average molecular weight is 456 g/mol. The molecule has 1 heterocycles. The van der Waals surface area contributed by atoms with E-state index in [0.717, 1.165) is 16.7 Å². The molecule has 1 fully saturated rings. The Morgan fingerprint density at radius 2 is 2.07 bits per heavy atom. The topological polar surface area (TPSA) is 82.1 Å². The number of carbonyl (C=O) groups is 3. The molecular weight excluding hydrogens is 438 g/mol. The van der Waals surface area contributed by atoms with Crippen molar-refractivity contribution >= 4 is 50.9 Å². The Balaban J connectivity index is 2.26. The maximum Gasteiger partial charge on any atom is 0.344 e. The van der Waals surface area contributed by atoms with Gasteiger partial charge in [0.1, 0.15) is 0 Å². The lowest BCUT2D eigenvalue weighted by atomic mass is 10.2. The number of halogens is 1. The van der Waals surface area contributed by atoms with Crippen molar-refractivity contribution in [1.82, 2.24) is 4.90 Å². The number of methoxy groups -OCH3 is 1. The van der Waals surface area contributed by atoms with Gasteiger partial charge in [0.15, 0.2) is 18.1 Å². The number of amides is 2. The summed E-state index contributed by atoms with van der Waals surface area (Å²) in [5.74, 6) is -0.151. The molecule has 0 radical (unpaired) electrons. The number of benzene rings is 1. The van der Waals surface area contributed by atoms with Crippen LogP contribution in [0.15, 0.2) is 34.2 Å². The van der Waals surface area contributed by atoms with Gasteiger partial charge in [-0.15, -0.1) is 6.58 Å². The molecule has 144 valence electrons. The van der Waals surface area contributed by atoms with Crippen molar-refractivity contribution < 1.29 is 28.6 Å². The van der Waals surface area contributed by atoms with Gasteiger partial charge in [-0.3, -0.25) is 14.5 Å². The monoisotopic (exact) mass is 455 g/mol. The molecule has 7 nitrogen and oxygen atoms in total. The number of hydrogen-bond acceptors (Lipinski definition) is 7. The van der Waals surface area contributed by atoms with E-state index in [0.29, 0.717) is 26.4 Å². The number of imide groups is 1. The maximum absolute atomic E-state index is 12.3. The van der Waals surface area contributed by atoms with E-state index < -0.39 is 5.97 Å². The Labute approximate surface area is 169 Å². The fourth-order valence-electron chi connectivity index (χ4n) is 2.20. The summed E-state index contributed by atoms with van der Waals surface area (Å²) in [6, 6.07) is 3.27. The second kappa shape index (κ2) is 9.61. The predicted molar refractivity (Wildman–Crippen MR) is 106 cm³/mol. The zero-order valence-electron chi connectivity index (χ0n) is 14.8. The van der Waals surface area contributed by atoms with Crippen molar-refractivity contribution in [3.8, 4) is 11.5 Å². The Hall–Kier alpha value is -2.26. The van der Waals surface area contributed by atoms with Gasteiger partial charge in [-0.1, -0.05) is 22.0 Å². The second-order valence-corrected chi connectivity index (χ2v) is 7.05. The standard InChI is InChI=1S/C18H18BrNO6S/c1-4-6-20-17(22)15(27-18(20)23)8-11-7-13(24-3)14(9-12(11)19)26-10-16(21)25-5-2/h4,7-9H,1,5-6,10H2,2-3H3/b15-8+. The van der Waals surface area contributed by atoms with Crippen LogP contribution in [0, 0.1) is 0 Å². The number of thioether (sulfide) groups is 1. The minimum atomic E-state index is -0.490. The van der Waals surface area contributed by atoms with Crippen molar-refractivity contribution in [2.45, 2.75) is 6.92 Å². The number of rotatable bonds is 8. The zero-order valence-corrected chi connectivity index (χ0v) is 17.2. The van der Waals surface area contributed by atoms with Crippen molar-refractivity contribution in [3.05, 3.63) is 39.7 Å². The Kier molecular flexibility index (Phi) is 7.49. The summed E-state index contributed by atoms with van der Waals surface area (Å²) in [4.78, 5) is 37.1. The average Bonchev–Trinajstić information content (AvgIpc) is 2.89. The summed E-state index contributed by atoms with van der Waals surface area (Å²) in [5.41, 5.74) is 0.624. The van der Waals surface area contributed by atoms with E-state index in [-0.39, 0.29) is 30.9 Å². The van der Waals surface area contributed by atoms with E-state index in [1.807, 2.05) is 0 Å². The van der Waals surface area contributed by atoms with Crippen LogP contribution in [0.4, 0.5) is 4.79 Å². The van der Waals surface area contributed by atoms with Crippen molar-refractivity contribution in [2.75, 3.05) is 26.9 Å². The molecule has 0 atom stereocenters. The number of esters is 1. The largest absolute Gasteiger partial charge is 0.493 e. The number of carbonyl (C=O) groups excluding carboxylic acids is 3. The van der Waals surface area contributed by atoms with Crippen LogP contribution >= 0.6 is 27.7 Å². The lowest BCUT2D eigenvalue weighted by Gasteiger charge is -2.12. The van der Waals surface area contributed by atoms with Crippen LogP contribution in [0.1, 0.15) is 12.5 Å². The lowest BCUT2D eigenvalue weighted by molar-refractivity contribution is -0.145. The SMILES string of the molecule is C=CCN1C(=O)S/C(=C/c2cc(OC)c(OCC(=O)OCC)cc2Br)C1=O. The first-order valence-electron chi connectivity index (χ1n) is 7.93. The molecule has 0 unspecified atom stereocenters. The van der Waals surface area contributed by atoms with E-state index in [4.69, 9.17) is 14.2 Å². The molecule has 0 aromatic heterocycles. The third kappa shape index (κ3) is 5.14. The van der Waals surface area contributed by atoms with E-state index in [1.165, 1.54) is 13.2 Å². The minimum Gasteiger partial charge on any atom is -0.493 e. The maximum atomic E-state index is 12.3. The molecule has 0 aliphatic carbocycles. The van der Waals surface area contributed by atoms with Gasteiger partial charge in [0.25, 0.3) is 11.1 Å². The first-order valence-corrected chi connectivity index (χ1v) is 9.54. The Morgan fingerprint density at radius 3 is 2.70 bits per heavy atom. The Bertz CT molecular complexity index is 807. The highest BCUT2D eigenvalue weighted by atomic mass is 79.9. The first kappa shape index (κ1) is 21.0. The quantitative estimate of drug-likeness (QED) is 0.336. The van der Waals surface area contributed by atoms with Crippen LogP contribution in [0.2, 0.25) is 0 Å². The summed E-state index contributed by atoms with van der Waals surface area (Å²) in [6.07, 6.45) is 3.09. The van der Waals surface area contributed by atoms with Crippen LogP contribution in [0.25, 0.3) is 6.08 Å². The van der Waals surface area contributed by atoms with Crippen LogP contribution in [0.3, 0.4) is 0 Å². The zero-order chi connectivity index (χ0) is 20.0. The van der Waals surface area contributed by atoms with E-state index in [2.05, 4.69) is 22.5 Å².